The fourth-order valence-corrected chi connectivity index (χ4v) is 4.20. The van der Waals surface area contributed by atoms with Crippen molar-refractivity contribution in [1.29, 1.82) is 5.26 Å². The third-order valence-electron chi connectivity index (χ3n) is 5.77. The molecular formula is C23H18N6O3. The van der Waals surface area contributed by atoms with Crippen molar-refractivity contribution < 1.29 is 14.4 Å². The maximum atomic E-state index is 13.0. The van der Waals surface area contributed by atoms with Crippen molar-refractivity contribution in [2.45, 2.75) is 32.4 Å². The fourth-order valence-electron chi connectivity index (χ4n) is 4.20. The summed E-state index contributed by atoms with van der Waals surface area (Å²) in [5.41, 5.74) is 4.88. The van der Waals surface area contributed by atoms with Gasteiger partial charge in [-0.15, -0.1) is 5.10 Å². The summed E-state index contributed by atoms with van der Waals surface area (Å²) in [6.07, 6.45) is 2.29. The molecule has 158 valence electrons. The van der Waals surface area contributed by atoms with Crippen molar-refractivity contribution >= 4 is 17.7 Å². The van der Waals surface area contributed by atoms with Crippen LogP contribution >= 0.6 is 0 Å². The molecular weight excluding hydrogens is 408 g/mol. The summed E-state index contributed by atoms with van der Waals surface area (Å²) in [6, 6.07) is 12.4. The van der Waals surface area contributed by atoms with Gasteiger partial charge >= 0.3 is 0 Å². The molecule has 1 fully saturated rings. The van der Waals surface area contributed by atoms with Gasteiger partial charge in [0.05, 0.1) is 23.5 Å². The lowest BCUT2D eigenvalue weighted by molar-refractivity contribution is -0.136. The molecule has 2 aliphatic rings. The summed E-state index contributed by atoms with van der Waals surface area (Å²) >= 11 is 0. The summed E-state index contributed by atoms with van der Waals surface area (Å²) in [5.74, 6) is -0.984. The van der Waals surface area contributed by atoms with Crippen LogP contribution in [0.2, 0.25) is 0 Å². The number of carbonyl (C=O) groups excluding carboxylic acids is 3. The van der Waals surface area contributed by atoms with Gasteiger partial charge in [-0.1, -0.05) is 11.3 Å². The topological polar surface area (TPSA) is 121 Å². The maximum Gasteiger partial charge on any atom is 0.255 e. The molecule has 9 nitrogen and oxygen atoms in total. The van der Waals surface area contributed by atoms with Gasteiger partial charge in [0.25, 0.3) is 5.91 Å². The summed E-state index contributed by atoms with van der Waals surface area (Å²) in [4.78, 5) is 38.2. The summed E-state index contributed by atoms with van der Waals surface area (Å²) < 4.78 is 1.58. The van der Waals surface area contributed by atoms with Crippen LogP contribution in [-0.4, -0.2) is 43.7 Å². The predicted molar refractivity (Wildman–Crippen MR) is 112 cm³/mol. The van der Waals surface area contributed by atoms with Crippen molar-refractivity contribution in [3.63, 3.8) is 0 Å². The van der Waals surface area contributed by atoms with Crippen molar-refractivity contribution in [2.75, 3.05) is 0 Å². The summed E-state index contributed by atoms with van der Waals surface area (Å²) in [7, 11) is 0. The Kier molecular flexibility index (Phi) is 4.56. The molecule has 0 spiro atoms. The van der Waals surface area contributed by atoms with Crippen LogP contribution in [0.3, 0.4) is 0 Å². The number of carbonyl (C=O) groups is 3. The lowest BCUT2D eigenvalue weighted by Gasteiger charge is -2.29. The third kappa shape index (κ3) is 3.32. The average molecular weight is 426 g/mol. The van der Waals surface area contributed by atoms with Gasteiger partial charge in [0, 0.05) is 24.1 Å². The van der Waals surface area contributed by atoms with E-state index in [-0.39, 0.29) is 18.2 Å². The van der Waals surface area contributed by atoms with Crippen LogP contribution in [0.25, 0.3) is 16.9 Å². The Morgan fingerprint density at radius 1 is 1.16 bits per heavy atom. The minimum Gasteiger partial charge on any atom is -0.322 e. The normalized spacial score (nSPS) is 17.8. The second-order valence-corrected chi connectivity index (χ2v) is 7.99. The van der Waals surface area contributed by atoms with Crippen LogP contribution in [0.5, 0.6) is 0 Å². The number of piperidine rings is 1. The van der Waals surface area contributed by atoms with Crippen molar-refractivity contribution in [1.82, 2.24) is 25.2 Å². The van der Waals surface area contributed by atoms with Crippen LogP contribution in [0.1, 0.15) is 39.9 Å². The molecule has 2 aromatic carbocycles. The molecule has 1 aromatic heterocycles. The number of fused-ring (bicyclic) bond motifs is 1. The summed E-state index contributed by atoms with van der Waals surface area (Å²) in [6.45, 7) is 2.23. The van der Waals surface area contributed by atoms with E-state index in [2.05, 4.69) is 21.7 Å². The molecule has 3 aromatic rings. The van der Waals surface area contributed by atoms with Crippen LogP contribution in [0.4, 0.5) is 0 Å². The maximum absolute atomic E-state index is 13.0. The number of hydrogen-bond acceptors (Lipinski definition) is 6. The lowest BCUT2D eigenvalue weighted by Crippen LogP contribution is -2.52. The molecule has 2 aliphatic heterocycles. The van der Waals surface area contributed by atoms with Gasteiger partial charge < -0.3 is 4.90 Å². The Morgan fingerprint density at radius 3 is 2.78 bits per heavy atom. The number of amides is 3. The number of benzene rings is 2. The number of rotatable bonds is 3. The average Bonchev–Trinajstić information content (AvgIpc) is 3.39. The van der Waals surface area contributed by atoms with E-state index >= 15 is 0 Å². The monoisotopic (exact) mass is 426 g/mol. The number of aromatic nitrogens is 3. The Morgan fingerprint density at radius 2 is 2.00 bits per heavy atom. The number of nitrogens with one attached hydrogen (secondary N) is 1. The number of hydrogen-bond donors (Lipinski definition) is 1. The van der Waals surface area contributed by atoms with Crippen molar-refractivity contribution in [3.8, 4) is 23.0 Å². The van der Waals surface area contributed by atoms with E-state index in [1.807, 2.05) is 25.1 Å². The first kappa shape index (κ1) is 19.6. The zero-order valence-corrected chi connectivity index (χ0v) is 17.2. The molecule has 0 aliphatic carbocycles. The minimum absolute atomic E-state index is 0.218. The van der Waals surface area contributed by atoms with Crippen LogP contribution in [0, 0.1) is 18.3 Å². The highest BCUT2D eigenvalue weighted by Gasteiger charge is 2.39. The van der Waals surface area contributed by atoms with Gasteiger partial charge in [-0.2, -0.15) is 5.26 Å². The molecule has 1 atom stereocenters. The fraction of sp³-hybridized carbons (Fsp3) is 0.217. The quantitative estimate of drug-likeness (QED) is 0.639. The Labute approximate surface area is 183 Å². The van der Waals surface area contributed by atoms with Crippen molar-refractivity contribution in [3.05, 3.63) is 64.8 Å². The molecule has 0 saturated carbocycles. The number of nitrogens with zero attached hydrogens (tertiary/aromatic N) is 5. The standard InChI is InChI=1S/C23H18N6O3/c1-13-6-14(10-24)8-16(7-13)19-12-29(27-26-19)17-3-2-15-11-28(23(32)18(15)9-17)20-4-5-21(30)25-22(20)31/h2-3,6-9,12,20H,4-5,11H2,1H3,(H,25,30,31). The molecule has 0 bridgehead atoms. The Balaban J connectivity index is 1.42. The second-order valence-electron chi connectivity index (χ2n) is 7.99. The minimum atomic E-state index is -0.648. The SMILES string of the molecule is Cc1cc(C#N)cc(-c2cn(-c3ccc4c(c3)C(=O)N(C3CCC(=O)NC3=O)C4)nn2)c1. The predicted octanol–water partition coefficient (Wildman–Crippen LogP) is 1.88. The molecule has 3 amide bonds. The first-order valence-corrected chi connectivity index (χ1v) is 10.2. The number of nitriles is 1. The number of imide groups is 1. The van der Waals surface area contributed by atoms with E-state index < -0.39 is 11.9 Å². The van der Waals surface area contributed by atoms with Crippen molar-refractivity contribution in [2.24, 2.45) is 0 Å². The summed E-state index contributed by atoms with van der Waals surface area (Å²) in [5, 5.41) is 19.9. The van der Waals surface area contributed by atoms with E-state index in [9.17, 15) is 19.6 Å². The molecule has 0 radical (unpaired) electrons. The van der Waals surface area contributed by atoms with E-state index in [4.69, 9.17) is 0 Å². The molecule has 5 rings (SSSR count). The van der Waals surface area contributed by atoms with Gasteiger partial charge in [-0.25, -0.2) is 4.68 Å². The van der Waals surface area contributed by atoms with Crippen LogP contribution in [0.15, 0.2) is 42.6 Å². The largest absolute Gasteiger partial charge is 0.322 e. The molecule has 1 saturated heterocycles. The first-order valence-electron chi connectivity index (χ1n) is 10.2. The van der Waals surface area contributed by atoms with Gasteiger partial charge in [0.15, 0.2) is 0 Å². The second kappa shape index (κ2) is 7.42. The van der Waals surface area contributed by atoms with E-state index in [0.29, 0.717) is 35.5 Å². The smallest absolute Gasteiger partial charge is 0.255 e. The Hall–Kier alpha value is -4.32. The molecule has 1 N–H and O–H groups in total. The van der Waals surface area contributed by atoms with Gasteiger partial charge in [0.2, 0.25) is 11.8 Å². The molecule has 1 unspecified atom stereocenters. The molecule has 9 heteroatoms. The zero-order valence-electron chi connectivity index (χ0n) is 17.2. The van der Waals surface area contributed by atoms with Gasteiger partial charge in [0.1, 0.15) is 11.7 Å². The van der Waals surface area contributed by atoms with Crippen LogP contribution in [-0.2, 0) is 16.1 Å². The molecule has 3 heterocycles. The number of aryl methyl sites for hydroxylation is 1. The van der Waals surface area contributed by atoms with Gasteiger partial charge in [-0.3, -0.25) is 19.7 Å². The van der Waals surface area contributed by atoms with Crippen LogP contribution < -0.4 is 5.32 Å². The highest BCUT2D eigenvalue weighted by atomic mass is 16.2. The molecule has 32 heavy (non-hydrogen) atoms. The zero-order chi connectivity index (χ0) is 22.4. The van der Waals surface area contributed by atoms with Gasteiger partial charge in [-0.05, 0) is 54.8 Å². The lowest BCUT2D eigenvalue weighted by atomic mass is 10.0. The van der Waals surface area contributed by atoms with E-state index in [1.165, 1.54) is 4.90 Å². The first-order chi connectivity index (χ1) is 15.4. The third-order valence-corrected chi connectivity index (χ3v) is 5.77. The highest BCUT2D eigenvalue weighted by molar-refractivity contribution is 6.05. The Bertz CT molecular complexity index is 1340. The van der Waals surface area contributed by atoms with E-state index in [1.54, 1.807) is 29.1 Å². The van der Waals surface area contributed by atoms with E-state index in [0.717, 1.165) is 16.7 Å². The highest BCUT2D eigenvalue weighted by Crippen LogP contribution is 2.29.